The van der Waals surface area contributed by atoms with Gasteiger partial charge in [0.15, 0.2) is 0 Å². The molecule has 2 aliphatic carbocycles. The Morgan fingerprint density at radius 2 is 0.484 bits per heavy atom. The summed E-state index contributed by atoms with van der Waals surface area (Å²) in [5.74, 6) is 1.90. The van der Waals surface area contributed by atoms with E-state index in [0.29, 0.717) is 23.7 Å². The summed E-state index contributed by atoms with van der Waals surface area (Å²) >= 11 is 0. The van der Waals surface area contributed by atoms with Crippen LogP contribution < -0.4 is 0 Å². The first-order valence-corrected chi connectivity index (χ1v) is 22.9. The number of rotatable bonds is 8. The van der Waals surface area contributed by atoms with E-state index in [1.54, 1.807) is 0 Å². The summed E-state index contributed by atoms with van der Waals surface area (Å²) in [6, 6.07) is 61.3. The van der Waals surface area contributed by atoms with Crippen molar-refractivity contribution in [2.24, 2.45) is 0 Å². The Hall–Kier alpha value is -6.50. The summed E-state index contributed by atoms with van der Waals surface area (Å²) in [7, 11) is 0. The second kappa shape index (κ2) is 14.6. The molecule has 0 fully saturated rings. The van der Waals surface area contributed by atoms with Gasteiger partial charge in [0.05, 0.1) is 0 Å². The molecule has 0 unspecified atom stereocenters. The first kappa shape index (κ1) is 38.4. The van der Waals surface area contributed by atoms with E-state index < -0.39 is 0 Å². The molecule has 0 heterocycles. The molecule has 2 aliphatic rings. The SMILES string of the molecule is CC(C)c1ccc(-c2ccc(-c3ccc(C(C)C)cc3)c3c2-c2ccc4c5c(ccc-3c25)-c2c-4c(-c3ccc(C(C)C)cc3)c3ccccc3c2-c2ccc(C(C)C)cc2)cc1. The molecule has 0 atom stereocenters. The average molecular weight is 799 g/mol. The van der Waals surface area contributed by atoms with Gasteiger partial charge in [-0.3, -0.25) is 0 Å². The molecule has 0 aromatic heterocycles. The molecule has 9 aromatic carbocycles. The molecule has 0 radical (unpaired) electrons. The van der Waals surface area contributed by atoms with Crippen LogP contribution in [0.2, 0.25) is 0 Å². The van der Waals surface area contributed by atoms with Gasteiger partial charge in [-0.15, -0.1) is 0 Å². The van der Waals surface area contributed by atoms with Crippen LogP contribution in [0.15, 0.2) is 158 Å². The lowest BCUT2D eigenvalue weighted by atomic mass is 9.82. The van der Waals surface area contributed by atoms with Crippen LogP contribution in [0.3, 0.4) is 0 Å². The van der Waals surface area contributed by atoms with Crippen LogP contribution in [0.1, 0.15) is 101 Å². The summed E-state index contributed by atoms with van der Waals surface area (Å²) < 4.78 is 0. The van der Waals surface area contributed by atoms with E-state index in [0.717, 1.165) is 0 Å². The molecule has 0 saturated carbocycles. The van der Waals surface area contributed by atoms with Crippen LogP contribution in [0.25, 0.3) is 111 Å². The van der Waals surface area contributed by atoms with E-state index >= 15 is 0 Å². The molecule has 0 nitrogen and oxygen atoms in total. The van der Waals surface area contributed by atoms with Gasteiger partial charge in [0, 0.05) is 0 Å². The normalized spacial score (nSPS) is 12.5. The minimum absolute atomic E-state index is 0.469. The number of benzene rings is 9. The van der Waals surface area contributed by atoms with Crippen molar-refractivity contribution in [3.8, 4) is 89.0 Å². The van der Waals surface area contributed by atoms with Crippen LogP contribution >= 0.6 is 0 Å². The molecule has 0 aliphatic heterocycles. The summed E-state index contributed by atoms with van der Waals surface area (Å²) in [6.07, 6.45) is 0. The zero-order valence-electron chi connectivity index (χ0n) is 37.3. The Balaban J connectivity index is 1.23. The smallest absolute Gasteiger partial charge is 0.000740 e. The maximum atomic E-state index is 2.47. The van der Waals surface area contributed by atoms with Gasteiger partial charge in [-0.2, -0.15) is 0 Å². The van der Waals surface area contributed by atoms with Gasteiger partial charge in [0.2, 0.25) is 0 Å². The zero-order chi connectivity index (χ0) is 42.6. The van der Waals surface area contributed by atoms with E-state index in [9.17, 15) is 0 Å². The van der Waals surface area contributed by atoms with E-state index in [1.807, 2.05) is 0 Å². The Bertz CT molecular complexity index is 3010. The Kier molecular flexibility index (Phi) is 9.02. The molecule has 0 saturated heterocycles. The second-order valence-electron chi connectivity index (χ2n) is 19.1. The standard InChI is InChI=1S/C62H54/c1-35(2)39-13-21-43(22-14-39)47-29-30-48(44-23-15-40(16-24-44)36(3)4)58-52-32-34-54-60-53(33-31-51(57(47)58)59(52)60)61-55(45-25-17-41(18-26-45)37(5)6)49-11-9-10-12-50(49)56(62(54)61)46-27-19-42(20-28-46)38(7)8/h9-38H,1-8H3. The minimum atomic E-state index is 0.469. The highest BCUT2D eigenvalue weighted by Gasteiger charge is 2.36. The lowest BCUT2D eigenvalue weighted by Gasteiger charge is -2.21. The van der Waals surface area contributed by atoms with Crippen LogP contribution in [0.4, 0.5) is 0 Å². The van der Waals surface area contributed by atoms with E-state index in [4.69, 9.17) is 0 Å². The van der Waals surface area contributed by atoms with Gasteiger partial charge >= 0.3 is 0 Å². The maximum absolute atomic E-state index is 2.47. The summed E-state index contributed by atoms with van der Waals surface area (Å²) in [5.41, 5.74) is 26.5. The third-order valence-electron chi connectivity index (χ3n) is 14.2. The van der Waals surface area contributed by atoms with Gasteiger partial charge in [-0.25, -0.2) is 0 Å². The highest BCUT2D eigenvalue weighted by atomic mass is 14.4. The summed E-state index contributed by atoms with van der Waals surface area (Å²) in [5, 5.41) is 5.36. The van der Waals surface area contributed by atoms with Crippen molar-refractivity contribution in [2.75, 3.05) is 0 Å². The topological polar surface area (TPSA) is 0 Å². The Morgan fingerprint density at radius 3 is 0.774 bits per heavy atom. The highest BCUT2D eigenvalue weighted by molar-refractivity contribution is 6.33. The third kappa shape index (κ3) is 5.80. The number of hydrogen-bond donors (Lipinski definition) is 0. The molecule has 0 spiro atoms. The van der Waals surface area contributed by atoms with Gasteiger partial charge < -0.3 is 0 Å². The molecule has 0 N–H and O–H groups in total. The molecular formula is C62H54. The summed E-state index contributed by atoms with van der Waals surface area (Å²) in [4.78, 5) is 0. The maximum Gasteiger partial charge on any atom is -0.000740 e. The fourth-order valence-electron chi connectivity index (χ4n) is 10.7. The molecule has 0 heteroatoms. The molecule has 11 rings (SSSR count). The molecular weight excluding hydrogens is 745 g/mol. The Labute approximate surface area is 368 Å². The largest absolute Gasteiger partial charge is 0.0616 e. The van der Waals surface area contributed by atoms with Crippen molar-refractivity contribution in [1.29, 1.82) is 0 Å². The lowest BCUT2D eigenvalue weighted by molar-refractivity contribution is 0.867. The average Bonchev–Trinajstić information content (AvgIpc) is 3.81. The van der Waals surface area contributed by atoms with E-state index in [1.165, 1.54) is 133 Å². The second-order valence-corrected chi connectivity index (χ2v) is 19.1. The molecule has 302 valence electrons. The first-order chi connectivity index (χ1) is 30.1. The minimum Gasteiger partial charge on any atom is -0.0616 e. The van der Waals surface area contributed by atoms with Crippen LogP contribution in [0, 0.1) is 0 Å². The van der Waals surface area contributed by atoms with Crippen molar-refractivity contribution in [3.63, 3.8) is 0 Å². The molecule has 0 bridgehead atoms. The van der Waals surface area contributed by atoms with Gasteiger partial charge in [-0.1, -0.05) is 213 Å². The highest BCUT2D eigenvalue weighted by Crippen LogP contribution is 2.63. The number of hydrogen-bond acceptors (Lipinski definition) is 0. The predicted octanol–water partition coefficient (Wildman–Crippen LogP) is 18.4. The fourth-order valence-corrected chi connectivity index (χ4v) is 10.7. The van der Waals surface area contributed by atoms with Crippen molar-refractivity contribution >= 4 is 21.5 Å². The van der Waals surface area contributed by atoms with E-state index in [2.05, 4.69) is 213 Å². The molecule has 62 heavy (non-hydrogen) atoms. The van der Waals surface area contributed by atoms with Crippen molar-refractivity contribution < 1.29 is 0 Å². The van der Waals surface area contributed by atoms with Crippen LogP contribution in [0.5, 0.6) is 0 Å². The predicted molar refractivity (Wildman–Crippen MR) is 268 cm³/mol. The fraction of sp³-hybridized carbons (Fsp3) is 0.194. The van der Waals surface area contributed by atoms with Gasteiger partial charge in [-0.05, 0) is 156 Å². The third-order valence-corrected chi connectivity index (χ3v) is 14.2. The van der Waals surface area contributed by atoms with Gasteiger partial charge in [0.25, 0.3) is 0 Å². The van der Waals surface area contributed by atoms with Crippen LogP contribution in [-0.2, 0) is 0 Å². The van der Waals surface area contributed by atoms with Crippen molar-refractivity contribution in [1.82, 2.24) is 0 Å². The quantitative estimate of drug-likeness (QED) is 0.144. The molecule has 9 aromatic rings. The zero-order valence-corrected chi connectivity index (χ0v) is 37.3. The lowest BCUT2D eigenvalue weighted by Crippen LogP contribution is -1.95. The first-order valence-electron chi connectivity index (χ1n) is 22.9. The Morgan fingerprint density at radius 1 is 0.226 bits per heavy atom. The van der Waals surface area contributed by atoms with Gasteiger partial charge in [0.1, 0.15) is 0 Å². The molecule has 0 amide bonds. The van der Waals surface area contributed by atoms with Crippen LogP contribution in [-0.4, -0.2) is 0 Å². The summed E-state index contributed by atoms with van der Waals surface area (Å²) in [6.45, 7) is 18.2. The number of fused-ring (bicyclic) bond motifs is 7. The van der Waals surface area contributed by atoms with E-state index in [-0.39, 0.29) is 0 Å². The van der Waals surface area contributed by atoms with Crippen molar-refractivity contribution in [2.45, 2.75) is 79.1 Å². The van der Waals surface area contributed by atoms with Crippen molar-refractivity contribution in [3.05, 3.63) is 180 Å². The monoisotopic (exact) mass is 798 g/mol.